The molecule has 10 heteroatoms. The van der Waals surface area contributed by atoms with Gasteiger partial charge in [-0.2, -0.15) is 0 Å². The number of nitrogens with one attached hydrogen (secondary N) is 2. The number of thiophene rings is 1. The molecule has 0 radical (unpaired) electrons. The van der Waals surface area contributed by atoms with Crippen LogP contribution in [0.1, 0.15) is 24.0 Å². The zero-order valence-corrected chi connectivity index (χ0v) is 22.9. The number of benzene rings is 2. The third-order valence-electron chi connectivity index (χ3n) is 6.31. The van der Waals surface area contributed by atoms with Crippen LogP contribution in [-0.4, -0.2) is 60.9 Å². The predicted octanol–water partition coefficient (Wildman–Crippen LogP) is 1.61. The van der Waals surface area contributed by atoms with Crippen LogP contribution in [-0.2, 0) is 27.3 Å². The predicted molar refractivity (Wildman–Crippen MR) is 156 cm³/mol. The van der Waals surface area contributed by atoms with Crippen molar-refractivity contribution in [2.75, 3.05) is 26.2 Å². The van der Waals surface area contributed by atoms with E-state index in [9.17, 15) is 14.4 Å². The first kappa shape index (κ1) is 30.0. The Balaban J connectivity index is 1.61. The molecule has 0 bridgehead atoms. The van der Waals surface area contributed by atoms with E-state index in [0.29, 0.717) is 32.5 Å². The number of amides is 3. The molecule has 208 valence electrons. The van der Waals surface area contributed by atoms with E-state index in [2.05, 4.69) is 16.7 Å². The van der Waals surface area contributed by atoms with Crippen molar-refractivity contribution in [2.24, 2.45) is 17.2 Å². The van der Waals surface area contributed by atoms with Crippen molar-refractivity contribution < 1.29 is 14.4 Å². The molecule has 8 N–H and O–H groups in total. The average Bonchev–Trinajstić information content (AvgIpc) is 3.49. The highest BCUT2D eigenvalue weighted by Crippen LogP contribution is 2.24. The number of hydrogen-bond acceptors (Lipinski definition) is 7. The molecule has 1 aromatic heterocycles. The van der Waals surface area contributed by atoms with Gasteiger partial charge in [-0.3, -0.25) is 14.4 Å². The van der Waals surface area contributed by atoms with Crippen LogP contribution in [0.3, 0.4) is 0 Å². The molecular weight excluding hydrogens is 512 g/mol. The van der Waals surface area contributed by atoms with Crippen LogP contribution >= 0.6 is 11.3 Å². The maximum absolute atomic E-state index is 13.2. The first-order valence-corrected chi connectivity index (χ1v) is 14.0. The SMILES string of the molecule is NCCN(CCN)C(=O)C[C@H](N)C(=O)N[C@@H](CCc1ccccc1)C(=O)NCc1ccc(-c2cccs2)cc1. The highest BCUT2D eigenvalue weighted by Gasteiger charge is 2.26. The summed E-state index contributed by atoms with van der Waals surface area (Å²) < 4.78 is 0. The van der Waals surface area contributed by atoms with Crippen molar-refractivity contribution in [2.45, 2.75) is 37.9 Å². The standard InChI is InChI=1S/C29H38N6O3S/c30-14-16-35(17-15-31)27(36)19-24(32)28(37)34-25(13-10-21-5-2-1-3-6-21)29(38)33-20-22-8-11-23(12-9-22)26-7-4-18-39-26/h1-9,11-12,18,24-25H,10,13-17,19-20,30-32H2,(H,33,38)(H,34,37)/t24-,25-/m0/s1. The van der Waals surface area contributed by atoms with Crippen LogP contribution in [0, 0.1) is 0 Å². The lowest BCUT2D eigenvalue weighted by Gasteiger charge is -2.24. The zero-order chi connectivity index (χ0) is 28.0. The van der Waals surface area contributed by atoms with Crippen molar-refractivity contribution >= 4 is 29.1 Å². The second-order valence-corrected chi connectivity index (χ2v) is 10.2. The molecule has 2 aromatic carbocycles. The van der Waals surface area contributed by atoms with Crippen molar-refractivity contribution in [1.82, 2.24) is 15.5 Å². The van der Waals surface area contributed by atoms with Crippen LogP contribution in [0.15, 0.2) is 72.1 Å². The Hall–Kier alpha value is -3.57. The van der Waals surface area contributed by atoms with Gasteiger partial charge in [0.25, 0.3) is 0 Å². The van der Waals surface area contributed by atoms with E-state index < -0.39 is 18.0 Å². The lowest BCUT2D eigenvalue weighted by Crippen LogP contribution is -2.53. The summed E-state index contributed by atoms with van der Waals surface area (Å²) in [5.74, 6) is -1.17. The van der Waals surface area contributed by atoms with Gasteiger partial charge in [-0.25, -0.2) is 0 Å². The molecule has 0 fully saturated rings. The van der Waals surface area contributed by atoms with Crippen molar-refractivity contribution in [3.8, 4) is 10.4 Å². The minimum atomic E-state index is -1.10. The Morgan fingerprint density at radius 2 is 1.54 bits per heavy atom. The fourth-order valence-corrected chi connectivity index (χ4v) is 4.86. The molecule has 3 aromatic rings. The Morgan fingerprint density at radius 1 is 0.846 bits per heavy atom. The summed E-state index contributed by atoms with van der Waals surface area (Å²) in [4.78, 5) is 41.4. The van der Waals surface area contributed by atoms with Gasteiger partial charge >= 0.3 is 0 Å². The molecule has 0 aliphatic rings. The number of aryl methyl sites for hydroxylation is 1. The Morgan fingerprint density at radius 3 is 2.15 bits per heavy atom. The van der Waals surface area contributed by atoms with E-state index in [1.165, 1.54) is 9.78 Å². The van der Waals surface area contributed by atoms with Gasteiger partial charge in [0.1, 0.15) is 6.04 Å². The minimum absolute atomic E-state index is 0.199. The van der Waals surface area contributed by atoms with Gasteiger partial charge in [0, 0.05) is 37.6 Å². The molecular formula is C29H38N6O3S. The summed E-state index contributed by atoms with van der Waals surface area (Å²) >= 11 is 1.67. The van der Waals surface area contributed by atoms with Gasteiger partial charge in [0.2, 0.25) is 17.7 Å². The molecule has 3 rings (SSSR count). The quantitative estimate of drug-likeness (QED) is 0.194. The number of nitrogens with two attached hydrogens (primary N) is 3. The van der Waals surface area contributed by atoms with E-state index in [1.54, 1.807) is 11.3 Å². The first-order valence-electron chi connectivity index (χ1n) is 13.1. The maximum Gasteiger partial charge on any atom is 0.242 e. The molecule has 0 saturated carbocycles. The van der Waals surface area contributed by atoms with E-state index in [-0.39, 0.29) is 31.3 Å². The van der Waals surface area contributed by atoms with Crippen molar-refractivity contribution in [1.29, 1.82) is 0 Å². The zero-order valence-electron chi connectivity index (χ0n) is 22.1. The van der Waals surface area contributed by atoms with Gasteiger partial charge in [0.05, 0.1) is 12.5 Å². The molecule has 1 heterocycles. The first-order chi connectivity index (χ1) is 18.9. The van der Waals surface area contributed by atoms with Crippen LogP contribution in [0.4, 0.5) is 0 Å². The summed E-state index contributed by atoms with van der Waals surface area (Å²) in [6, 6.07) is 19.9. The average molecular weight is 551 g/mol. The molecule has 0 saturated heterocycles. The number of carbonyl (C=O) groups is 3. The Bertz CT molecular complexity index is 1170. The van der Waals surface area contributed by atoms with E-state index in [1.807, 2.05) is 66.0 Å². The third-order valence-corrected chi connectivity index (χ3v) is 7.22. The number of nitrogens with zero attached hydrogens (tertiary/aromatic N) is 1. The molecule has 0 spiro atoms. The van der Waals surface area contributed by atoms with Gasteiger partial charge in [-0.1, -0.05) is 60.7 Å². The molecule has 2 atom stereocenters. The number of hydrogen-bond donors (Lipinski definition) is 5. The maximum atomic E-state index is 13.2. The highest BCUT2D eigenvalue weighted by molar-refractivity contribution is 7.13. The van der Waals surface area contributed by atoms with Crippen molar-refractivity contribution in [3.63, 3.8) is 0 Å². The van der Waals surface area contributed by atoms with Crippen LogP contribution < -0.4 is 27.8 Å². The minimum Gasteiger partial charge on any atom is -0.350 e. The van der Waals surface area contributed by atoms with Crippen LogP contribution in [0.5, 0.6) is 0 Å². The largest absolute Gasteiger partial charge is 0.350 e. The third kappa shape index (κ3) is 9.60. The van der Waals surface area contributed by atoms with Gasteiger partial charge in [-0.05, 0) is 41.0 Å². The van der Waals surface area contributed by atoms with Crippen LogP contribution in [0.25, 0.3) is 10.4 Å². The summed E-state index contributed by atoms with van der Waals surface area (Å²) in [6.07, 6.45) is 0.769. The fourth-order valence-electron chi connectivity index (χ4n) is 4.13. The topological polar surface area (TPSA) is 157 Å². The lowest BCUT2D eigenvalue weighted by atomic mass is 10.0. The summed E-state index contributed by atoms with van der Waals surface area (Å²) in [6.45, 7) is 1.55. The van der Waals surface area contributed by atoms with E-state index in [4.69, 9.17) is 17.2 Å². The summed E-state index contributed by atoms with van der Waals surface area (Å²) in [7, 11) is 0. The molecule has 9 nitrogen and oxygen atoms in total. The van der Waals surface area contributed by atoms with Crippen molar-refractivity contribution in [3.05, 3.63) is 83.2 Å². The Labute approximate surface area is 233 Å². The molecule has 39 heavy (non-hydrogen) atoms. The molecule has 3 amide bonds. The smallest absolute Gasteiger partial charge is 0.242 e. The van der Waals surface area contributed by atoms with E-state index >= 15 is 0 Å². The lowest BCUT2D eigenvalue weighted by molar-refractivity contribution is -0.135. The Kier molecular flexibility index (Phi) is 12.1. The van der Waals surface area contributed by atoms with Gasteiger partial charge in [-0.15, -0.1) is 11.3 Å². The molecule has 0 aliphatic heterocycles. The monoisotopic (exact) mass is 550 g/mol. The molecule has 0 unspecified atom stereocenters. The second-order valence-electron chi connectivity index (χ2n) is 9.25. The van der Waals surface area contributed by atoms with Gasteiger partial charge < -0.3 is 32.7 Å². The summed E-state index contributed by atoms with van der Waals surface area (Å²) in [5, 5.41) is 7.73. The fraction of sp³-hybridized carbons (Fsp3) is 0.345. The summed E-state index contributed by atoms with van der Waals surface area (Å²) in [5.41, 5.74) is 20.3. The van der Waals surface area contributed by atoms with Gasteiger partial charge in [0.15, 0.2) is 0 Å². The van der Waals surface area contributed by atoms with Crippen LogP contribution in [0.2, 0.25) is 0 Å². The second kappa shape index (κ2) is 15.7. The normalized spacial score (nSPS) is 12.4. The molecule has 0 aliphatic carbocycles. The number of carbonyl (C=O) groups excluding carboxylic acids is 3. The number of rotatable bonds is 15. The highest BCUT2D eigenvalue weighted by atomic mass is 32.1. The van der Waals surface area contributed by atoms with E-state index in [0.717, 1.165) is 16.7 Å².